The highest BCUT2D eigenvalue weighted by atomic mass is 19.1. The third kappa shape index (κ3) is 5.53. The van der Waals surface area contributed by atoms with Crippen LogP contribution in [-0.4, -0.2) is 26.5 Å². The topological polar surface area (TPSA) is 44.4 Å². The number of nitrogens with zero attached hydrogens (tertiary/aromatic N) is 1. The van der Waals surface area contributed by atoms with Gasteiger partial charge >= 0.3 is 0 Å². The number of hydrogen-bond acceptors (Lipinski definition) is 3. The summed E-state index contributed by atoms with van der Waals surface area (Å²) in [5, 5.41) is 5.75. The molecule has 2 aromatic rings. The van der Waals surface area contributed by atoms with E-state index in [1.165, 1.54) is 12.1 Å². The highest BCUT2D eigenvalue weighted by molar-refractivity contribution is 5.78. The number of nitrogens with one attached hydrogen (secondary N) is 2. The summed E-state index contributed by atoms with van der Waals surface area (Å²) in [6.07, 6.45) is 0. The number of halogens is 2. The lowest BCUT2D eigenvalue weighted by Crippen LogP contribution is -2.34. The molecule has 25 heavy (non-hydrogen) atoms. The van der Waals surface area contributed by atoms with Crippen molar-refractivity contribution >= 4 is 11.6 Å². The Hall–Kier alpha value is -2.47. The van der Waals surface area contributed by atoms with E-state index in [1.807, 2.05) is 43.3 Å². The lowest BCUT2D eigenvalue weighted by Gasteiger charge is -2.15. The first kappa shape index (κ1) is 18.9. The van der Waals surface area contributed by atoms with E-state index in [2.05, 4.69) is 10.6 Å². The molecule has 0 unspecified atom stereocenters. The van der Waals surface area contributed by atoms with Crippen molar-refractivity contribution in [1.82, 2.24) is 10.6 Å². The second kappa shape index (κ2) is 8.58. The van der Waals surface area contributed by atoms with Gasteiger partial charge in [0.2, 0.25) is 5.91 Å². The molecule has 0 fully saturated rings. The largest absolute Gasteiger partial charge is 0.378 e. The quantitative estimate of drug-likeness (QED) is 0.809. The molecule has 1 atom stereocenters. The highest BCUT2D eigenvalue weighted by Crippen LogP contribution is 2.17. The predicted octanol–water partition coefficient (Wildman–Crippen LogP) is 3.00. The predicted molar refractivity (Wildman–Crippen MR) is 95.4 cm³/mol. The number of carbonyl (C=O) groups is 1. The van der Waals surface area contributed by atoms with Crippen LogP contribution >= 0.6 is 0 Å². The zero-order valence-electron chi connectivity index (χ0n) is 14.6. The number of anilines is 1. The van der Waals surface area contributed by atoms with E-state index in [1.54, 1.807) is 6.92 Å². The molecule has 0 aliphatic rings. The zero-order chi connectivity index (χ0) is 18.4. The van der Waals surface area contributed by atoms with Crippen molar-refractivity contribution in [3.63, 3.8) is 0 Å². The van der Waals surface area contributed by atoms with Crippen molar-refractivity contribution in [2.24, 2.45) is 0 Å². The number of carbonyl (C=O) groups excluding carboxylic acids is 1. The summed E-state index contributed by atoms with van der Waals surface area (Å²) in [6, 6.07) is 10.9. The summed E-state index contributed by atoms with van der Waals surface area (Å²) in [4.78, 5) is 13.9. The molecule has 0 bridgehead atoms. The molecular formula is C19H23F2N3O. The van der Waals surface area contributed by atoms with Gasteiger partial charge in [0.1, 0.15) is 11.6 Å². The van der Waals surface area contributed by atoms with Crippen molar-refractivity contribution in [3.05, 3.63) is 65.2 Å². The Morgan fingerprint density at radius 1 is 1.12 bits per heavy atom. The van der Waals surface area contributed by atoms with Crippen LogP contribution in [0.15, 0.2) is 42.5 Å². The first-order chi connectivity index (χ1) is 11.9. The van der Waals surface area contributed by atoms with Gasteiger partial charge in [-0.15, -0.1) is 0 Å². The van der Waals surface area contributed by atoms with Gasteiger partial charge in [0.15, 0.2) is 0 Å². The SMILES string of the molecule is C[C@H](NCC(=O)NCc1ccc(N(C)C)cc1)c1ccc(F)cc1F. The molecule has 0 saturated heterocycles. The van der Waals surface area contributed by atoms with E-state index in [9.17, 15) is 13.6 Å². The van der Waals surface area contributed by atoms with E-state index in [0.29, 0.717) is 12.1 Å². The fourth-order valence-corrected chi connectivity index (χ4v) is 2.38. The van der Waals surface area contributed by atoms with Gasteiger partial charge in [0.25, 0.3) is 0 Å². The van der Waals surface area contributed by atoms with Crippen LogP contribution in [-0.2, 0) is 11.3 Å². The Kier molecular flexibility index (Phi) is 6.47. The summed E-state index contributed by atoms with van der Waals surface area (Å²) < 4.78 is 26.6. The molecule has 0 heterocycles. The third-order valence-corrected chi connectivity index (χ3v) is 3.94. The fourth-order valence-electron chi connectivity index (χ4n) is 2.38. The van der Waals surface area contributed by atoms with Crippen LogP contribution in [0.3, 0.4) is 0 Å². The van der Waals surface area contributed by atoms with E-state index >= 15 is 0 Å². The van der Waals surface area contributed by atoms with Crippen molar-refractivity contribution in [1.29, 1.82) is 0 Å². The van der Waals surface area contributed by atoms with Crippen LogP contribution in [0.4, 0.5) is 14.5 Å². The van der Waals surface area contributed by atoms with Crippen LogP contribution in [0.25, 0.3) is 0 Å². The molecule has 6 heteroatoms. The fraction of sp³-hybridized carbons (Fsp3) is 0.316. The van der Waals surface area contributed by atoms with Crippen LogP contribution in [0.2, 0.25) is 0 Å². The van der Waals surface area contributed by atoms with Gasteiger partial charge in [-0.3, -0.25) is 4.79 Å². The number of benzene rings is 2. The van der Waals surface area contributed by atoms with Crippen molar-refractivity contribution in [2.75, 3.05) is 25.5 Å². The summed E-state index contributed by atoms with van der Waals surface area (Å²) in [7, 11) is 3.93. The van der Waals surface area contributed by atoms with E-state index < -0.39 is 17.7 Å². The van der Waals surface area contributed by atoms with Crippen LogP contribution in [0.1, 0.15) is 24.1 Å². The van der Waals surface area contributed by atoms with Gasteiger partial charge in [-0.1, -0.05) is 18.2 Å². The number of hydrogen-bond donors (Lipinski definition) is 2. The Balaban J connectivity index is 1.80. The van der Waals surface area contributed by atoms with E-state index in [-0.39, 0.29) is 12.5 Å². The molecule has 0 aliphatic heterocycles. The molecule has 1 amide bonds. The summed E-state index contributed by atoms with van der Waals surface area (Å²) in [6.45, 7) is 2.20. The Morgan fingerprint density at radius 3 is 2.40 bits per heavy atom. The van der Waals surface area contributed by atoms with Crippen LogP contribution in [0.5, 0.6) is 0 Å². The minimum absolute atomic E-state index is 0.0494. The molecule has 0 saturated carbocycles. The molecule has 0 aromatic heterocycles. The monoisotopic (exact) mass is 347 g/mol. The Morgan fingerprint density at radius 2 is 1.80 bits per heavy atom. The highest BCUT2D eigenvalue weighted by Gasteiger charge is 2.12. The van der Waals surface area contributed by atoms with E-state index in [4.69, 9.17) is 0 Å². The van der Waals surface area contributed by atoms with Crippen molar-refractivity contribution in [3.8, 4) is 0 Å². The lowest BCUT2D eigenvalue weighted by atomic mass is 10.1. The minimum Gasteiger partial charge on any atom is -0.378 e. The normalized spacial score (nSPS) is 11.9. The van der Waals surface area contributed by atoms with Gasteiger partial charge in [0, 0.05) is 44.0 Å². The van der Waals surface area contributed by atoms with Gasteiger partial charge in [-0.2, -0.15) is 0 Å². The van der Waals surface area contributed by atoms with Crippen molar-refractivity contribution < 1.29 is 13.6 Å². The molecule has 2 aromatic carbocycles. The maximum Gasteiger partial charge on any atom is 0.234 e. The average Bonchev–Trinajstić information content (AvgIpc) is 2.58. The number of rotatable bonds is 7. The molecular weight excluding hydrogens is 324 g/mol. The van der Waals surface area contributed by atoms with Crippen LogP contribution < -0.4 is 15.5 Å². The van der Waals surface area contributed by atoms with E-state index in [0.717, 1.165) is 17.3 Å². The minimum atomic E-state index is -0.624. The van der Waals surface area contributed by atoms with Gasteiger partial charge in [-0.05, 0) is 30.7 Å². The Labute approximate surface area is 146 Å². The summed E-state index contributed by atoms with van der Waals surface area (Å²) in [5.74, 6) is -1.43. The average molecular weight is 347 g/mol. The molecule has 2 rings (SSSR count). The zero-order valence-corrected chi connectivity index (χ0v) is 14.6. The maximum atomic E-state index is 13.7. The third-order valence-electron chi connectivity index (χ3n) is 3.94. The lowest BCUT2D eigenvalue weighted by molar-refractivity contribution is -0.120. The smallest absolute Gasteiger partial charge is 0.234 e. The standard InChI is InChI=1S/C19H23F2N3O/c1-13(17-9-6-15(20)10-18(17)21)22-12-19(25)23-11-14-4-7-16(8-5-14)24(2)3/h4-10,13,22H,11-12H2,1-3H3,(H,23,25)/t13-/m0/s1. The summed E-state index contributed by atoms with van der Waals surface area (Å²) in [5.41, 5.74) is 2.41. The molecule has 134 valence electrons. The molecule has 0 aliphatic carbocycles. The van der Waals surface area contributed by atoms with Gasteiger partial charge < -0.3 is 15.5 Å². The maximum absolute atomic E-state index is 13.7. The Bertz CT molecular complexity index is 717. The second-order valence-electron chi connectivity index (χ2n) is 6.11. The van der Waals surface area contributed by atoms with Gasteiger partial charge in [0.05, 0.1) is 6.54 Å². The van der Waals surface area contributed by atoms with Crippen LogP contribution in [0, 0.1) is 11.6 Å². The first-order valence-electron chi connectivity index (χ1n) is 8.08. The first-order valence-corrected chi connectivity index (χ1v) is 8.08. The molecule has 0 radical (unpaired) electrons. The summed E-state index contributed by atoms with van der Waals surface area (Å²) >= 11 is 0. The molecule has 4 nitrogen and oxygen atoms in total. The molecule has 0 spiro atoms. The van der Waals surface area contributed by atoms with Gasteiger partial charge in [-0.25, -0.2) is 8.78 Å². The second-order valence-corrected chi connectivity index (χ2v) is 6.11. The molecule has 2 N–H and O–H groups in total. The number of amides is 1. The van der Waals surface area contributed by atoms with Crippen molar-refractivity contribution in [2.45, 2.75) is 19.5 Å².